The molecule has 0 atom stereocenters. The van der Waals surface area contributed by atoms with Gasteiger partial charge in [-0.3, -0.25) is 0 Å². The van der Waals surface area contributed by atoms with Crippen molar-refractivity contribution >= 4 is 26.2 Å². The van der Waals surface area contributed by atoms with Gasteiger partial charge in [0, 0.05) is 15.4 Å². The maximum Gasteiger partial charge on any atom is 4.00 e. The molecule has 2 rings (SSSR count). The van der Waals surface area contributed by atoms with Crippen LogP contribution in [0.15, 0.2) is 42.5 Å². The number of benzene rings is 1. The molecule has 126 valence electrons. The summed E-state index contributed by atoms with van der Waals surface area (Å²) in [6.45, 7) is 6.38. The van der Waals surface area contributed by atoms with Gasteiger partial charge in [-0.25, -0.2) is 0 Å². The van der Waals surface area contributed by atoms with Crippen LogP contribution in [0.4, 0.5) is 0 Å². The monoisotopic (exact) mass is 405 g/mol. The summed E-state index contributed by atoms with van der Waals surface area (Å²) in [5, 5.41) is 2.66. The molecule has 6 heteroatoms. The van der Waals surface area contributed by atoms with Crippen molar-refractivity contribution < 1.29 is 51.3 Å². The molecule has 2 aromatic rings. The van der Waals surface area contributed by atoms with Gasteiger partial charge >= 0.3 is 21.7 Å². The molecule has 0 spiro atoms. The summed E-state index contributed by atoms with van der Waals surface area (Å²) in [6.07, 6.45) is 3.52. The second-order valence-electron chi connectivity index (χ2n) is 4.53. The largest absolute Gasteiger partial charge is 4.00 e. The van der Waals surface area contributed by atoms with Gasteiger partial charge in [-0.2, -0.15) is 17.5 Å². The first-order chi connectivity index (χ1) is 9.65. The number of carbonyl (C=O) groups excluding carboxylic acids is 1. The Morgan fingerprint density at radius 3 is 2.17 bits per heavy atom. The molecule has 0 heterocycles. The molecule has 0 aliphatic carbocycles. The first-order valence-corrected chi connectivity index (χ1v) is 9.09. The average Bonchev–Trinajstić information content (AvgIpc) is 2.88. The molecule has 2 aromatic carbocycles. The third kappa shape index (κ3) is 18.0. The van der Waals surface area contributed by atoms with Gasteiger partial charge in [0.05, 0.1) is 0 Å². The van der Waals surface area contributed by atoms with E-state index in [0.29, 0.717) is 6.42 Å². The summed E-state index contributed by atoms with van der Waals surface area (Å²) in [5.74, 6) is -0.432. The van der Waals surface area contributed by atoms with Crippen LogP contribution in [0.3, 0.4) is 0 Å². The number of amides is 1. The van der Waals surface area contributed by atoms with E-state index < -0.39 is 5.91 Å². The fourth-order valence-electron chi connectivity index (χ4n) is 1.61. The van der Waals surface area contributed by atoms with E-state index in [0.717, 1.165) is 28.8 Å². The zero-order valence-electron chi connectivity index (χ0n) is 14.0. The van der Waals surface area contributed by atoms with Gasteiger partial charge in [0.15, 0.2) is 0 Å². The molecule has 0 saturated heterocycles. The van der Waals surface area contributed by atoms with E-state index in [1.54, 1.807) is 0 Å². The molecular weight excluding hydrogens is 381 g/mol. The van der Waals surface area contributed by atoms with E-state index in [2.05, 4.69) is 62.5 Å². The van der Waals surface area contributed by atoms with E-state index in [1.165, 1.54) is 10.8 Å². The first kappa shape index (κ1) is 30.7. The second-order valence-corrected chi connectivity index (χ2v) is 5.53. The van der Waals surface area contributed by atoms with Gasteiger partial charge in [-0.1, -0.05) is 38.9 Å². The molecule has 23 heavy (non-hydrogen) atoms. The molecule has 0 saturated carbocycles. The van der Waals surface area contributed by atoms with Gasteiger partial charge in [0.2, 0.25) is 0 Å². The Bertz CT molecular complexity index is 450. The molecule has 2 nitrogen and oxygen atoms in total. The summed E-state index contributed by atoms with van der Waals surface area (Å²) >= 11 is 0. The van der Waals surface area contributed by atoms with E-state index in [4.69, 9.17) is 5.73 Å². The van der Waals surface area contributed by atoms with Crippen LogP contribution in [-0.4, -0.2) is 15.4 Å². The number of hydrogen-bond donors (Lipinski definition) is 0. The summed E-state index contributed by atoms with van der Waals surface area (Å²) < 4.78 is 0. The minimum atomic E-state index is -0.432. The molecular formula is C17H25Cl2NOSiTi. The number of carbonyl (C=O) groups is 1. The van der Waals surface area contributed by atoms with Crippen LogP contribution in [0.25, 0.3) is 16.5 Å². The maximum absolute atomic E-state index is 9.99. The standard InChI is InChI=1S/C9H7.C6H13NO.C2H6Si.2ClH.Ti/c1-2-5-9-7-3-6-8(9)4-1;1-2-3-4-5-6(7)8;1-3-2;;;/h1-7H;2-5H2,1H3,(H2,7,8);1-2H3;2*1H;/q-1;;;;;+4/p-3. The first-order valence-electron chi connectivity index (χ1n) is 7.09. The zero-order chi connectivity index (χ0) is 15.2. The fourth-order valence-corrected chi connectivity index (χ4v) is 1.61. The van der Waals surface area contributed by atoms with Crippen LogP contribution in [0.5, 0.6) is 0 Å². The predicted molar refractivity (Wildman–Crippen MR) is 90.5 cm³/mol. The van der Waals surface area contributed by atoms with Gasteiger partial charge in [0.1, 0.15) is 0 Å². The molecule has 0 aliphatic heterocycles. The van der Waals surface area contributed by atoms with Crippen LogP contribution in [0, 0.1) is 0 Å². The molecule has 0 aromatic heterocycles. The van der Waals surface area contributed by atoms with E-state index >= 15 is 0 Å². The molecule has 0 aliphatic rings. The van der Waals surface area contributed by atoms with Crippen molar-refractivity contribution in [2.75, 3.05) is 0 Å². The van der Waals surface area contributed by atoms with Gasteiger partial charge in [-0.15, -0.1) is 29.7 Å². The van der Waals surface area contributed by atoms with Crippen molar-refractivity contribution in [3.8, 4) is 0 Å². The van der Waals surface area contributed by atoms with Crippen molar-refractivity contribution in [3.05, 3.63) is 48.2 Å². The zero-order valence-corrected chi connectivity index (χ0v) is 18.1. The number of fused-ring (bicyclic) bond motifs is 1. The Morgan fingerprint density at radius 1 is 1.13 bits per heavy atom. The Balaban J connectivity index is -0.000000122. The topological polar surface area (TPSA) is 40.9 Å². The van der Waals surface area contributed by atoms with Crippen molar-refractivity contribution in [2.45, 2.75) is 45.7 Å². The van der Waals surface area contributed by atoms with E-state index in [1.807, 2.05) is 0 Å². The second kappa shape index (κ2) is 21.8. The van der Waals surface area contributed by atoms with Crippen molar-refractivity contribution in [1.29, 1.82) is 0 Å². The Morgan fingerprint density at radius 2 is 1.70 bits per heavy atom. The molecule has 0 unspecified atom stereocenters. The third-order valence-corrected chi connectivity index (χ3v) is 2.55. The van der Waals surface area contributed by atoms with Crippen molar-refractivity contribution in [3.63, 3.8) is 0 Å². The summed E-state index contributed by atoms with van der Waals surface area (Å²) in [5.41, 5.74) is 6.52. The SMILES string of the molecule is CCCCCC([NH-])=O.C[Si]C.[Cl-].[Cl-].[Ti+4].c1ccc2[cH-]ccc2c1. The Kier molecular flexibility index (Phi) is 29.1. The quantitative estimate of drug-likeness (QED) is 0.384. The molecule has 1 amide bonds. The number of nitrogens with one attached hydrogen (secondary N) is 1. The molecule has 2 radical (unpaired) electrons. The maximum atomic E-state index is 9.99. The van der Waals surface area contributed by atoms with Gasteiger partial charge < -0.3 is 35.3 Å². The summed E-state index contributed by atoms with van der Waals surface area (Å²) in [6, 6.07) is 14.7. The normalized spacial score (nSPS) is 7.96. The van der Waals surface area contributed by atoms with Crippen molar-refractivity contribution in [2.24, 2.45) is 0 Å². The minimum Gasteiger partial charge on any atom is -1.00 e. The van der Waals surface area contributed by atoms with Gasteiger partial charge in [-0.05, 0) is 12.8 Å². The van der Waals surface area contributed by atoms with E-state index in [9.17, 15) is 4.79 Å². The predicted octanol–water partition coefficient (Wildman–Crippen LogP) is -0.503. The smallest absolute Gasteiger partial charge is 1.00 e. The van der Waals surface area contributed by atoms with Crippen LogP contribution in [0.1, 0.15) is 32.6 Å². The van der Waals surface area contributed by atoms with Gasteiger partial charge in [0.25, 0.3) is 0 Å². The third-order valence-electron chi connectivity index (χ3n) is 2.55. The van der Waals surface area contributed by atoms with Crippen LogP contribution in [-0.2, 0) is 26.5 Å². The molecule has 0 bridgehead atoms. The summed E-state index contributed by atoms with van der Waals surface area (Å²) in [4.78, 5) is 9.99. The Labute approximate surface area is 170 Å². The van der Waals surface area contributed by atoms with Crippen LogP contribution >= 0.6 is 0 Å². The van der Waals surface area contributed by atoms with E-state index in [-0.39, 0.29) is 46.5 Å². The average molecular weight is 406 g/mol. The number of halogens is 2. The fraction of sp³-hybridized carbons (Fsp3) is 0.412. The molecule has 0 fully saturated rings. The number of unbranched alkanes of at least 4 members (excludes halogenated alkanes) is 2. The summed E-state index contributed by atoms with van der Waals surface area (Å²) in [7, 11) is 1.08. The van der Waals surface area contributed by atoms with Crippen molar-refractivity contribution in [1.82, 2.24) is 0 Å². The molecule has 1 N–H and O–H groups in total. The number of rotatable bonds is 4. The Hall–Kier alpha value is -0.189. The minimum absolute atomic E-state index is 0. The van der Waals surface area contributed by atoms with Crippen LogP contribution in [0.2, 0.25) is 13.1 Å². The number of hydrogen-bond acceptors (Lipinski definition) is 1. The van der Waals surface area contributed by atoms with Crippen LogP contribution < -0.4 is 24.8 Å².